The Hall–Kier alpha value is -2.21. The SMILES string of the molecule is CCCCC(=O)Nc1nc(C)c(C(=O)Nc2c(C)cc(C)cc2C)s1. The number of thiazole rings is 1. The molecule has 0 aliphatic heterocycles. The first-order valence-electron chi connectivity index (χ1n) is 8.48. The molecule has 0 radical (unpaired) electrons. The number of hydrogen-bond acceptors (Lipinski definition) is 4. The number of amides is 2. The Morgan fingerprint density at radius 1 is 1.08 bits per heavy atom. The van der Waals surface area contributed by atoms with Crippen LogP contribution in [0.15, 0.2) is 12.1 Å². The minimum absolute atomic E-state index is 0.0622. The third kappa shape index (κ3) is 4.89. The van der Waals surface area contributed by atoms with Crippen LogP contribution in [0.5, 0.6) is 0 Å². The van der Waals surface area contributed by atoms with Crippen LogP contribution in [0, 0.1) is 27.7 Å². The molecule has 6 heteroatoms. The largest absolute Gasteiger partial charge is 0.321 e. The predicted molar refractivity (Wildman–Crippen MR) is 104 cm³/mol. The number of benzene rings is 1. The van der Waals surface area contributed by atoms with Crippen molar-refractivity contribution in [2.75, 3.05) is 10.6 Å². The number of rotatable bonds is 6. The number of carbonyl (C=O) groups excluding carboxylic acids is 2. The Balaban J connectivity index is 2.14. The van der Waals surface area contributed by atoms with E-state index in [9.17, 15) is 9.59 Å². The van der Waals surface area contributed by atoms with Crippen LogP contribution < -0.4 is 10.6 Å². The summed E-state index contributed by atoms with van der Waals surface area (Å²) in [4.78, 5) is 29.3. The van der Waals surface area contributed by atoms with E-state index in [4.69, 9.17) is 0 Å². The second kappa shape index (κ2) is 8.25. The number of nitrogens with one attached hydrogen (secondary N) is 2. The van der Waals surface area contributed by atoms with E-state index in [1.807, 2.05) is 39.8 Å². The highest BCUT2D eigenvalue weighted by atomic mass is 32.1. The minimum Gasteiger partial charge on any atom is -0.321 e. The van der Waals surface area contributed by atoms with Gasteiger partial charge < -0.3 is 10.6 Å². The fourth-order valence-corrected chi connectivity index (χ4v) is 3.61. The van der Waals surface area contributed by atoms with Crippen molar-refractivity contribution < 1.29 is 9.59 Å². The topological polar surface area (TPSA) is 71.1 Å². The number of anilines is 2. The van der Waals surface area contributed by atoms with E-state index in [0.29, 0.717) is 22.1 Å². The van der Waals surface area contributed by atoms with E-state index in [1.165, 1.54) is 16.9 Å². The monoisotopic (exact) mass is 359 g/mol. The second-order valence-electron chi connectivity index (χ2n) is 6.31. The summed E-state index contributed by atoms with van der Waals surface area (Å²) >= 11 is 1.21. The third-order valence-corrected chi connectivity index (χ3v) is 4.99. The van der Waals surface area contributed by atoms with Gasteiger partial charge in [-0.3, -0.25) is 9.59 Å². The second-order valence-corrected chi connectivity index (χ2v) is 7.31. The van der Waals surface area contributed by atoms with Crippen molar-refractivity contribution in [3.05, 3.63) is 39.4 Å². The lowest BCUT2D eigenvalue weighted by Gasteiger charge is -2.12. The smallest absolute Gasteiger partial charge is 0.267 e. The van der Waals surface area contributed by atoms with Crippen LogP contribution in [-0.2, 0) is 4.79 Å². The van der Waals surface area contributed by atoms with Crippen LogP contribution in [0.3, 0.4) is 0 Å². The Morgan fingerprint density at radius 3 is 2.32 bits per heavy atom. The van der Waals surface area contributed by atoms with Gasteiger partial charge in [-0.05, 0) is 45.2 Å². The zero-order chi connectivity index (χ0) is 18.6. The molecular weight excluding hydrogens is 334 g/mol. The first-order valence-corrected chi connectivity index (χ1v) is 9.30. The lowest BCUT2D eigenvalue weighted by molar-refractivity contribution is -0.116. The first-order chi connectivity index (χ1) is 11.8. The molecule has 1 heterocycles. The molecule has 0 atom stereocenters. The van der Waals surface area contributed by atoms with Gasteiger partial charge in [0.15, 0.2) is 5.13 Å². The maximum absolute atomic E-state index is 12.6. The minimum atomic E-state index is -0.195. The number of nitrogens with zero attached hydrogens (tertiary/aromatic N) is 1. The van der Waals surface area contributed by atoms with Crippen LogP contribution in [-0.4, -0.2) is 16.8 Å². The first kappa shape index (κ1) is 19.1. The average molecular weight is 359 g/mol. The van der Waals surface area contributed by atoms with Gasteiger partial charge in [0, 0.05) is 12.1 Å². The summed E-state index contributed by atoms with van der Waals surface area (Å²) in [5, 5.41) is 6.23. The van der Waals surface area contributed by atoms with Gasteiger partial charge in [0.1, 0.15) is 4.88 Å². The maximum Gasteiger partial charge on any atom is 0.267 e. The lowest BCUT2D eigenvalue weighted by atomic mass is 10.1. The van der Waals surface area contributed by atoms with Gasteiger partial charge in [-0.25, -0.2) is 4.98 Å². The molecule has 0 bridgehead atoms. The van der Waals surface area contributed by atoms with E-state index in [0.717, 1.165) is 29.7 Å². The molecule has 0 aliphatic carbocycles. The van der Waals surface area contributed by atoms with Gasteiger partial charge in [0.05, 0.1) is 5.69 Å². The lowest BCUT2D eigenvalue weighted by Crippen LogP contribution is -2.13. The fourth-order valence-electron chi connectivity index (χ4n) is 2.73. The Morgan fingerprint density at radius 2 is 1.72 bits per heavy atom. The summed E-state index contributed by atoms with van der Waals surface area (Å²) in [7, 11) is 0. The zero-order valence-corrected chi connectivity index (χ0v) is 16.3. The molecular formula is C19H25N3O2S. The molecule has 0 spiro atoms. The van der Waals surface area contributed by atoms with Gasteiger partial charge in [0.2, 0.25) is 5.91 Å². The third-order valence-electron chi connectivity index (χ3n) is 3.92. The zero-order valence-electron chi connectivity index (χ0n) is 15.4. The van der Waals surface area contributed by atoms with Gasteiger partial charge >= 0.3 is 0 Å². The number of aromatic nitrogens is 1. The van der Waals surface area contributed by atoms with E-state index in [1.54, 1.807) is 6.92 Å². The van der Waals surface area contributed by atoms with Crippen molar-refractivity contribution in [2.24, 2.45) is 0 Å². The van der Waals surface area contributed by atoms with Gasteiger partial charge in [0.25, 0.3) is 5.91 Å². The van der Waals surface area contributed by atoms with Gasteiger partial charge in [-0.15, -0.1) is 0 Å². The standard InChI is InChI=1S/C19H25N3O2S/c1-6-7-8-15(23)21-19-20-14(5)17(25-19)18(24)22-16-12(3)9-11(2)10-13(16)4/h9-10H,6-8H2,1-5H3,(H,22,24)(H,20,21,23). The molecule has 0 aliphatic rings. The van der Waals surface area contributed by atoms with Crippen LogP contribution >= 0.6 is 11.3 Å². The number of aryl methyl sites for hydroxylation is 4. The number of unbranched alkanes of at least 4 members (excludes halogenated alkanes) is 1. The molecule has 25 heavy (non-hydrogen) atoms. The van der Waals surface area contributed by atoms with E-state index >= 15 is 0 Å². The van der Waals surface area contributed by atoms with Crippen molar-refractivity contribution in [1.82, 2.24) is 4.98 Å². The highest BCUT2D eigenvalue weighted by Gasteiger charge is 2.18. The Labute approximate surface area is 152 Å². The van der Waals surface area contributed by atoms with Gasteiger partial charge in [-0.2, -0.15) is 0 Å². The maximum atomic E-state index is 12.6. The summed E-state index contributed by atoms with van der Waals surface area (Å²) in [6.45, 7) is 9.82. The molecule has 1 aromatic heterocycles. The molecule has 0 fully saturated rings. The molecule has 1 aromatic carbocycles. The van der Waals surface area contributed by atoms with Crippen molar-refractivity contribution in [3.63, 3.8) is 0 Å². The summed E-state index contributed by atoms with van der Waals surface area (Å²) in [5.41, 5.74) is 4.67. The predicted octanol–water partition coefficient (Wildman–Crippen LogP) is 4.76. The fraction of sp³-hybridized carbons (Fsp3) is 0.421. The van der Waals surface area contributed by atoms with Crippen LogP contribution in [0.2, 0.25) is 0 Å². The molecule has 5 nitrogen and oxygen atoms in total. The molecule has 0 saturated heterocycles. The number of carbonyl (C=O) groups is 2. The van der Waals surface area contributed by atoms with Gasteiger partial charge in [-0.1, -0.05) is 42.4 Å². The molecule has 134 valence electrons. The molecule has 2 N–H and O–H groups in total. The Bertz CT molecular complexity index is 773. The van der Waals surface area contributed by atoms with E-state index < -0.39 is 0 Å². The normalized spacial score (nSPS) is 10.6. The summed E-state index contributed by atoms with van der Waals surface area (Å²) in [6, 6.07) is 4.09. The van der Waals surface area contributed by atoms with Crippen LogP contribution in [0.1, 0.15) is 58.2 Å². The average Bonchev–Trinajstić information content (AvgIpc) is 2.89. The van der Waals surface area contributed by atoms with Crippen molar-refractivity contribution in [3.8, 4) is 0 Å². The van der Waals surface area contributed by atoms with Crippen LogP contribution in [0.25, 0.3) is 0 Å². The molecule has 2 rings (SSSR count). The summed E-state index contributed by atoms with van der Waals surface area (Å²) in [6.07, 6.45) is 2.28. The van der Waals surface area contributed by atoms with E-state index in [2.05, 4.69) is 15.6 Å². The summed E-state index contributed by atoms with van der Waals surface area (Å²) < 4.78 is 0. The quantitative estimate of drug-likeness (QED) is 0.781. The molecule has 2 aromatic rings. The van der Waals surface area contributed by atoms with Crippen molar-refractivity contribution in [1.29, 1.82) is 0 Å². The highest BCUT2D eigenvalue weighted by molar-refractivity contribution is 7.17. The Kier molecular flexibility index (Phi) is 6.31. The molecule has 0 unspecified atom stereocenters. The summed E-state index contributed by atoms with van der Waals surface area (Å²) in [5.74, 6) is -0.258. The number of hydrogen-bond donors (Lipinski definition) is 2. The van der Waals surface area contributed by atoms with E-state index in [-0.39, 0.29) is 11.8 Å². The van der Waals surface area contributed by atoms with Crippen molar-refractivity contribution in [2.45, 2.75) is 53.9 Å². The molecule has 2 amide bonds. The highest BCUT2D eigenvalue weighted by Crippen LogP contribution is 2.27. The van der Waals surface area contributed by atoms with Crippen molar-refractivity contribution >= 4 is 34.0 Å². The molecule has 0 saturated carbocycles. The van der Waals surface area contributed by atoms with Crippen LogP contribution in [0.4, 0.5) is 10.8 Å².